The molecule has 0 saturated heterocycles. The topological polar surface area (TPSA) is 49.3 Å². The maximum atomic E-state index is 4.29. The van der Waals surface area contributed by atoms with E-state index in [0.29, 0.717) is 0 Å². The maximum Gasteiger partial charge on any atom is 0.191 e. The van der Waals surface area contributed by atoms with Crippen LogP contribution in [0.3, 0.4) is 0 Å². The molecule has 0 aliphatic rings. The Kier molecular flexibility index (Phi) is 7.98. The fourth-order valence-corrected chi connectivity index (χ4v) is 2.91. The van der Waals surface area contributed by atoms with Crippen LogP contribution in [0.5, 0.6) is 0 Å². The molecule has 0 atom stereocenters. The summed E-state index contributed by atoms with van der Waals surface area (Å²) in [7, 11) is 1.79. The minimum absolute atomic E-state index is 0. The number of aliphatic imine (C=N–C) groups is 1. The number of aryl methyl sites for hydroxylation is 1. The fourth-order valence-electron chi connectivity index (χ4n) is 2.17. The van der Waals surface area contributed by atoms with E-state index in [0.717, 1.165) is 24.1 Å². The summed E-state index contributed by atoms with van der Waals surface area (Å²) >= 11 is 1.70. The summed E-state index contributed by atoms with van der Waals surface area (Å²) in [6, 6.07) is 10.5. The van der Waals surface area contributed by atoms with Gasteiger partial charge in [-0.1, -0.05) is 44.2 Å². The van der Waals surface area contributed by atoms with Crippen molar-refractivity contribution in [3.63, 3.8) is 0 Å². The number of benzene rings is 1. The lowest BCUT2D eigenvalue weighted by atomic mass is 9.85. The molecule has 0 bridgehead atoms. The number of halogens is 1. The van der Waals surface area contributed by atoms with Crippen LogP contribution in [0.4, 0.5) is 0 Å². The molecule has 1 heterocycles. The van der Waals surface area contributed by atoms with E-state index < -0.39 is 0 Å². The number of rotatable bonds is 5. The molecular weight excluding hydrogens is 419 g/mol. The summed E-state index contributed by atoms with van der Waals surface area (Å²) < 4.78 is 0. The molecule has 0 spiro atoms. The van der Waals surface area contributed by atoms with Gasteiger partial charge in [0.15, 0.2) is 5.96 Å². The Labute approximate surface area is 159 Å². The second kappa shape index (κ2) is 9.22. The number of guanidine groups is 1. The van der Waals surface area contributed by atoms with Gasteiger partial charge < -0.3 is 10.6 Å². The van der Waals surface area contributed by atoms with Crippen molar-refractivity contribution in [2.45, 2.75) is 32.7 Å². The van der Waals surface area contributed by atoms with Crippen molar-refractivity contribution >= 4 is 41.3 Å². The molecular formula is C17H25IN4S. The number of hydrogen-bond acceptors (Lipinski definition) is 3. The molecule has 0 amide bonds. The van der Waals surface area contributed by atoms with Gasteiger partial charge >= 0.3 is 0 Å². The summed E-state index contributed by atoms with van der Waals surface area (Å²) in [5.41, 5.74) is 1.36. The first-order valence-corrected chi connectivity index (χ1v) is 8.24. The molecule has 6 heteroatoms. The summed E-state index contributed by atoms with van der Waals surface area (Å²) in [6.07, 6.45) is 1.91. The highest BCUT2D eigenvalue weighted by molar-refractivity contribution is 14.0. The van der Waals surface area contributed by atoms with E-state index in [1.807, 2.05) is 19.2 Å². The summed E-state index contributed by atoms with van der Waals surface area (Å²) in [5.74, 6) is 0.815. The quantitative estimate of drug-likeness (QED) is 0.420. The van der Waals surface area contributed by atoms with Gasteiger partial charge in [0.25, 0.3) is 0 Å². The van der Waals surface area contributed by atoms with Crippen LogP contribution in [0.1, 0.15) is 29.3 Å². The van der Waals surface area contributed by atoms with Gasteiger partial charge in [0.05, 0.1) is 11.6 Å². The maximum absolute atomic E-state index is 4.29. The van der Waals surface area contributed by atoms with Crippen LogP contribution >= 0.6 is 35.3 Å². The van der Waals surface area contributed by atoms with E-state index in [-0.39, 0.29) is 29.4 Å². The lowest BCUT2D eigenvalue weighted by Crippen LogP contribution is -2.43. The zero-order valence-electron chi connectivity index (χ0n) is 14.1. The average Bonchev–Trinajstić information content (AvgIpc) is 2.94. The Morgan fingerprint density at radius 3 is 2.48 bits per heavy atom. The largest absolute Gasteiger partial charge is 0.356 e. The highest BCUT2D eigenvalue weighted by Gasteiger charge is 2.20. The molecule has 0 saturated carbocycles. The van der Waals surface area contributed by atoms with Gasteiger partial charge in [-0.25, -0.2) is 4.98 Å². The summed E-state index contributed by atoms with van der Waals surface area (Å²) in [4.78, 5) is 9.76. The number of thiazole rings is 1. The van der Waals surface area contributed by atoms with Gasteiger partial charge in [0, 0.05) is 30.1 Å². The molecule has 4 nitrogen and oxygen atoms in total. The Balaban J connectivity index is 0.00000264. The van der Waals surface area contributed by atoms with Crippen molar-refractivity contribution in [3.05, 3.63) is 52.0 Å². The normalized spacial score (nSPS) is 11.7. The van der Waals surface area contributed by atoms with Crippen molar-refractivity contribution < 1.29 is 0 Å². The fraction of sp³-hybridized carbons (Fsp3) is 0.412. The number of nitrogens with one attached hydrogen (secondary N) is 2. The molecule has 2 aromatic rings. The average molecular weight is 444 g/mol. The third kappa shape index (κ3) is 6.10. The van der Waals surface area contributed by atoms with Crippen molar-refractivity contribution in [2.24, 2.45) is 4.99 Å². The molecule has 0 fully saturated rings. The Bertz CT molecular complexity index is 623. The first-order chi connectivity index (χ1) is 10.5. The van der Waals surface area contributed by atoms with Gasteiger partial charge in [-0.15, -0.1) is 35.3 Å². The van der Waals surface area contributed by atoms with E-state index in [1.165, 1.54) is 10.4 Å². The third-order valence-electron chi connectivity index (χ3n) is 3.58. The minimum Gasteiger partial charge on any atom is -0.356 e. The van der Waals surface area contributed by atoms with Crippen LogP contribution in [-0.2, 0) is 12.0 Å². The van der Waals surface area contributed by atoms with E-state index in [2.05, 4.69) is 58.7 Å². The third-order valence-corrected chi connectivity index (χ3v) is 4.49. The minimum atomic E-state index is 0. The highest BCUT2D eigenvalue weighted by Crippen LogP contribution is 2.21. The number of aromatic nitrogens is 1. The Hall–Kier alpha value is -1.15. The van der Waals surface area contributed by atoms with Crippen LogP contribution in [0, 0.1) is 6.92 Å². The van der Waals surface area contributed by atoms with Gasteiger partial charge in [0.1, 0.15) is 0 Å². The van der Waals surface area contributed by atoms with Crippen LogP contribution in [0.2, 0.25) is 0 Å². The zero-order chi connectivity index (χ0) is 16.0. The molecule has 0 aliphatic carbocycles. The summed E-state index contributed by atoms with van der Waals surface area (Å²) in [6.45, 7) is 8.04. The standard InChI is InChI=1S/C17H24N4S.HI/c1-13-19-10-15(22-13)11-20-16(18-4)21-12-17(2,3)14-8-6-5-7-9-14;/h5-10H,11-12H2,1-4H3,(H2,18,20,21);1H. The lowest BCUT2D eigenvalue weighted by Gasteiger charge is -2.26. The van der Waals surface area contributed by atoms with Crippen LogP contribution in [0.25, 0.3) is 0 Å². The van der Waals surface area contributed by atoms with Gasteiger partial charge in [-0.3, -0.25) is 4.99 Å². The van der Waals surface area contributed by atoms with E-state index in [4.69, 9.17) is 0 Å². The van der Waals surface area contributed by atoms with Crippen molar-refractivity contribution in [1.29, 1.82) is 0 Å². The summed E-state index contributed by atoms with van der Waals surface area (Å²) in [5, 5.41) is 7.83. The van der Waals surface area contributed by atoms with Gasteiger partial charge in [-0.05, 0) is 12.5 Å². The van der Waals surface area contributed by atoms with E-state index >= 15 is 0 Å². The molecule has 2 rings (SSSR count). The Morgan fingerprint density at radius 2 is 1.91 bits per heavy atom. The molecule has 0 aliphatic heterocycles. The van der Waals surface area contributed by atoms with Crippen molar-refractivity contribution in [2.75, 3.05) is 13.6 Å². The zero-order valence-corrected chi connectivity index (χ0v) is 17.2. The molecule has 0 radical (unpaired) electrons. The molecule has 126 valence electrons. The predicted molar refractivity (Wildman–Crippen MR) is 110 cm³/mol. The number of nitrogens with zero attached hydrogens (tertiary/aromatic N) is 2. The smallest absolute Gasteiger partial charge is 0.191 e. The van der Waals surface area contributed by atoms with Crippen LogP contribution in [-0.4, -0.2) is 24.5 Å². The monoisotopic (exact) mass is 444 g/mol. The first-order valence-electron chi connectivity index (χ1n) is 7.42. The van der Waals surface area contributed by atoms with Crippen LogP contribution in [0.15, 0.2) is 41.5 Å². The van der Waals surface area contributed by atoms with E-state index in [1.54, 1.807) is 18.4 Å². The molecule has 0 unspecified atom stereocenters. The second-order valence-electron chi connectivity index (χ2n) is 5.87. The molecule has 1 aromatic carbocycles. The predicted octanol–water partition coefficient (Wildman–Crippen LogP) is 3.71. The van der Waals surface area contributed by atoms with Crippen molar-refractivity contribution in [3.8, 4) is 0 Å². The van der Waals surface area contributed by atoms with Gasteiger partial charge in [-0.2, -0.15) is 0 Å². The first kappa shape index (κ1) is 19.9. The number of hydrogen-bond donors (Lipinski definition) is 2. The SMILES string of the molecule is CN=C(NCc1cnc(C)s1)NCC(C)(C)c1ccccc1.I. The molecule has 23 heavy (non-hydrogen) atoms. The lowest BCUT2D eigenvalue weighted by molar-refractivity contribution is 0.508. The molecule has 2 N–H and O–H groups in total. The second-order valence-corrected chi connectivity index (χ2v) is 7.19. The van der Waals surface area contributed by atoms with Crippen molar-refractivity contribution in [1.82, 2.24) is 15.6 Å². The van der Waals surface area contributed by atoms with Crippen LogP contribution < -0.4 is 10.6 Å². The highest BCUT2D eigenvalue weighted by atomic mass is 127. The Morgan fingerprint density at radius 1 is 1.22 bits per heavy atom. The molecule has 1 aromatic heterocycles. The van der Waals surface area contributed by atoms with Gasteiger partial charge in [0.2, 0.25) is 0 Å². The van der Waals surface area contributed by atoms with E-state index in [9.17, 15) is 0 Å².